The lowest BCUT2D eigenvalue weighted by atomic mass is 10.0. The second-order valence-electron chi connectivity index (χ2n) is 6.61. The number of oxazole rings is 1. The van der Waals surface area contributed by atoms with Gasteiger partial charge in [0.1, 0.15) is 24.2 Å². The predicted molar refractivity (Wildman–Crippen MR) is 96.7 cm³/mol. The van der Waals surface area contributed by atoms with Gasteiger partial charge in [-0.05, 0) is 37.0 Å². The summed E-state index contributed by atoms with van der Waals surface area (Å²) in [6, 6.07) is 6.14. The molecular weight excluding hydrogens is 351 g/mol. The van der Waals surface area contributed by atoms with E-state index in [0.29, 0.717) is 37.8 Å². The monoisotopic (exact) mass is 376 g/mol. The van der Waals surface area contributed by atoms with Crippen molar-refractivity contribution in [3.63, 3.8) is 0 Å². The standard InChI is InChI=1S/C20H25FN2O4/c1-25-10-11-26-14-19(24)23-9-3-2-4-18(23)20-22-13-17(27-20)12-15-5-7-16(21)8-6-15/h5-8,13,18H,2-4,9-12,14H2,1H3/t18-/m1/s1. The Morgan fingerprint density at radius 2 is 2.11 bits per heavy atom. The predicted octanol–water partition coefficient (Wildman–Crippen LogP) is 3.12. The Morgan fingerprint density at radius 1 is 1.30 bits per heavy atom. The third-order valence-corrected chi connectivity index (χ3v) is 4.63. The minimum atomic E-state index is -0.263. The van der Waals surface area contributed by atoms with Gasteiger partial charge >= 0.3 is 0 Å². The maximum absolute atomic E-state index is 13.0. The first-order valence-electron chi connectivity index (χ1n) is 9.22. The zero-order valence-electron chi connectivity index (χ0n) is 15.5. The number of amides is 1. The number of methoxy groups -OCH3 is 1. The largest absolute Gasteiger partial charge is 0.443 e. The summed E-state index contributed by atoms with van der Waals surface area (Å²) < 4.78 is 29.2. The van der Waals surface area contributed by atoms with Crippen LogP contribution in [0.2, 0.25) is 0 Å². The van der Waals surface area contributed by atoms with Crippen LogP contribution >= 0.6 is 0 Å². The van der Waals surface area contributed by atoms with E-state index >= 15 is 0 Å². The molecule has 0 saturated carbocycles. The molecule has 1 fully saturated rings. The van der Waals surface area contributed by atoms with E-state index < -0.39 is 0 Å². The van der Waals surface area contributed by atoms with Gasteiger partial charge < -0.3 is 18.8 Å². The SMILES string of the molecule is COCCOCC(=O)N1CCCC[C@@H]1c1ncc(Cc2ccc(F)cc2)o1. The van der Waals surface area contributed by atoms with Gasteiger partial charge in [0.05, 0.1) is 19.4 Å². The van der Waals surface area contributed by atoms with E-state index in [2.05, 4.69) is 4.98 Å². The molecule has 1 amide bonds. The van der Waals surface area contributed by atoms with Crippen LogP contribution in [-0.2, 0) is 20.7 Å². The number of halogens is 1. The average Bonchev–Trinajstić information content (AvgIpc) is 3.15. The molecule has 7 heteroatoms. The fourth-order valence-electron chi connectivity index (χ4n) is 3.23. The lowest BCUT2D eigenvalue weighted by Crippen LogP contribution is -2.40. The fourth-order valence-corrected chi connectivity index (χ4v) is 3.23. The van der Waals surface area contributed by atoms with Crippen molar-refractivity contribution in [1.29, 1.82) is 0 Å². The molecule has 27 heavy (non-hydrogen) atoms. The first-order chi connectivity index (χ1) is 13.2. The number of rotatable bonds is 8. The third-order valence-electron chi connectivity index (χ3n) is 4.63. The molecule has 1 aliphatic rings. The number of hydrogen-bond donors (Lipinski definition) is 0. The van der Waals surface area contributed by atoms with Gasteiger partial charge in [-0.3, -0.25) is 4.79 Å². The second kappa shape index (κ2) is 9.62. The van der Waals surface area contributed by atoms with Gasteiger partial charge in [0, 0.05) is 20.1 Å². The summed E-state index contributed by atoms with van der Waals surface area (Å²) in [7, 11) is 1.60. The topological polar surface area (TPSA) is 64.8 Å². The minimum absolute atomic E-state index is 0.0308. The van der Waals surface area contributed by atoms with Gasteiger partial charge in [0.15, 0.2) is 0 Å². The number of hydrogen-bond acceptors (Lipinski definition) is 5. The molecule has 1 atom stereocenters. The van der Waals surface area contributed by atoms with E-state index in [-0.39, 0.29) is 24.4 Å². The summed E-state index contributed by atoms with van der Waals surface area (Å²) in [6.07, 6.45) is 5.03. The number of aromatic nitrogens is 1. The number of piperidine rings is 1. The highest BCUT2D eigenvalue weighted by atomic mass is 19.1. The van der Waals surface area contributed by atoms with Crippen molar-refractivity contribution in [3.8, 4) is 0 Å². The molecule has 2 heterocycles. The van der Waals surface area contributed by atoms with E-state index in [1.54, 1.807) is 30.3 Å². The van der Waals surface area contributed by atoms with Crippen LogP contribution in [-0.4, -0.2) is 49.3 Å². The molecule has 1 aromatic heterocycles. The summed E-state index contributed by atoms with van der Waals surface area (Å²) in [4.78, 5) is 18.7. The lowest BCUT2D eigenvalue weighted by Gasteiger charge is -2.33. The maximum Gasteiger partial charge on any atom is 0.249 e. The molecule has 0 spiro atoms. The second-order valence-corrected chi connectivity index (χ2v) is 6.61. The van der Waals surface area contributed by atoms with Crippen LogP contribution in [0, 0.1) is 5.82 Å². The molecule has 3 rings (SSSR count). The Kier molecular flexibility index (Phi) is 6.95. The molecule has 0 unspecified atom stereocenters. The highest BCUT2D eigenvalue weighted by Crippen LogP contribution is 2.31. The first-order valence-corrected chi connectivity index (χ1v) is 9.22. The van der Waals surface area contributed by atoms with Crippen molar-refractivity contribution in [2.24, 2.45) is 0 Å². The molecule has 0 bridgehead atoms. The van der Waals surface area contributed by atoms with Crippen molar-refractivity contribution in [2.75, 3.05) is 33.5 Å². The van der Waals surface area contributed by atoms with Gasteiger partial charge in [-0.1, -0.05) is 12.1 Å². The average molecular weight is 376 g/mol. The van der Waals surface area contributed by atoms with Crippen LogP contribution < -0.4 is 0 Å². The lowest BCUT2D eigenvalue weighted by molar-refractivity contribution is -0.141. The van der Waals surface area contributed by atoms with Crippen LogP contribution in [0.4, 0.5) is 4.39 Å². The Bertz CT molecular complexity index is 732. The van der Waals surface area contributed by atoms with Crippen molar-refractivity contribution >= 4 is 5.91 Å². The first kappa shape index (κ1) is 19.5. The summed E-state index contributed by atoms with van der Waals surface area (Å²) in [5.41, 5.74) is 0.946. The minimum Gasteiger partial charge on any atom is -0.443 e. The van der Waals surface area contributed by atoms with Crippen molar-refractivity contribution < 1.29 is 23.1 Å². The number of carbonyl (C=O) groups excluding carboxylic acids is 1. The summed E-state index contributed by atoms with van der Waals surface area (Å²) in [5.74, 6) is 0.929. The number of carbonyl (C=O) groups is 1. The van der Waals surface area contributed by atoms with E-state index in [4.69, 9.17) is 13.9 Å². The van der Waals surface area contributed by atoms with Crippen LogP contribution in [0.15, 0.2) is 34.9 Å². The van der Waals surface area contributed by atoms with Gasteiger partial charge in [-0.25, -0.2) is 9.37 Å². The normalized spacial score (nSPS) is 17.3. The summed E-state index contributed by atoms with van der Waals surface area (Å²) in [6.45, 7) is 1.56. The Morgan fingerprint density at radius 3 is 2.89 bits per heavy atom. The third kappa shape index (κ3) is 5.37. The summed E-state index contributed by atoms with van der Waals surface area (Å²) in [5, 5.41) is 0. The smallest absolute Gasteiger partial charge is 0.249 e. The number of likely N-dealkylation sites (tertiary alicyclic amines) is 1. The van der Waals surface area contributed by atoms with E-state index in [1.807, 2.05) is 0 Å². The molecule has 0 radical (unpaired) electrons. The molecular formula is C20H25FN2O4. The quantitative estimate of drug-likeness (QED) is 0.663. The maximum atomic E-state index is 13.0. The summed E-state index contributed by atoms with van der Waals surface area (Å²) >= 11 is 0. The van der Waals surface area contributed by atoms with Gasteiger partial charge in [0.25, 0.3) is 0 Å². The van der Waals surface area contributed by atoms with Gasteiger partial charge in [0.2, 0.25) is 11.8 Å². The van der Waals surface area contributed by atoms with Gasteiger partial charge in [-0.2, -0.15) is 0 Å². The van der Waals surface area contributed by atoms with Crippen molar-refractivity contribution in [2.45, 2.75) is 31.7 Å². The van der Waals surface area contributed by atoms with Crippen molar-refractivity contribution in [3.05, 3.63) is 53.5 Å². The number of nitrogens with zero attached hydrogens (tertiary/aromatic N) is 2. The van der Waals surface area contributed by atoms with Crippen LogP contribution in [0.5, 0.6) is 0 Å². The van der Waals surface area contributed by atoms with Crippen molar-refractivity contribution in [1.82, 2.24) is 9.88 Å². The Hall–Kier alpha value is -2.25. The zero-order valence-corrected chi connectivity index (χ0v) is 15.5. The molecule has 1 aromatic carbocycles. The molecule has 6 nitrogen and oxygen atoms in total. The highest BCUT2D eigenvalue weighted by Gasteiger charge is 2.31. The number of benzene rings is 1. The van der Waals surface area contributed by atoms with Crippen LogP contribution in [0.1, 0.15) is 42.5 Å². The molecule has 146 valence electrons. The molecule has 1 saturated heterocycles. The van der Waals surface area contributed by atoms with Crippen LogP contribution in [0.3, 0.4) is 0 Å². The van der Waals surface area contributed by atoms with E-state index in [9.17, 15) is 9.18 Å². The zero-order chi connectivity index (χ0) is 19.1. The number of ether oxygens (including phenoxy) is 2. The van der Waals surface area contributed by atoms with E-state index in [0.717, 1.165) is 24.8 Å². The fraction of sp³-hybridized carbons (Fsp3) is 0.500. The Labute approximate surface area is 158 Å². The molecule has 0 N–H and O–H groups in total. The van der Waals surface area contributed by atoms with E-state index in [1.165, 1.54) is 12.1 Å². The molecule has 0 aliphatic carbocycles. The molecule has 1 aliphatic heterocycles. The molecule has 2 aromatic rings. The Balaban J connectivity index is 1.63. The van der Waals surface area contributed by atoms with Gasteiger partial charge in [-0.15, -0.1) is 0 Å². The highest BCUT2D eigenvalue weighted by molar-refractivity contribution is 5.78. The van der Waals surface area contributed by atoms with Crippen LogP contribution in [0.25, 0.3) is 0 Å².